The normalized spacial score (nSPS) is 13.2. The van der Waals surface area contributed by atoms with Gasteiger partial charge in [0.1, 0.15) is 0 Å². The fourth-order valence-corrected chi connectivity index (χ4v) is 0.646. The highest BCUT2D eigenvalue weighted by molar-refractivity contribution is 5.46. The van der Waals surface area contributed by atoms with E-state index < -0.39 is 6.10 Å². The van der Waals surface area contributed by atoms with Gasteiger partial charge in [-0.05, 0) is 14.1 Å². The van der Waals surface area contributed by atoms with Gasteiger partial charge in [0.05, 0.1) is 6.10 Å². The number of likely N-dealkylation sites (N-methyl/N-ethyl adjacent to an activating group) is 1. The Morgan fingerprint density at radius 2 is 2.30 bits per heavy atom. The van der Waals surface area contributed by atoms with Gasteiger partial charge in [0.15, 0.2) is 0 Å². The zero-order valence-corrected chi connectivity index (χ0v) is 6.29. The molecule has 0 bridgehead atoms. The van der Waals surface area contributed by atoms with Crippen LogP contribution in [0, 0.1) is 0 Å². The number of hydrogen-bond donors (Lipinski definition) is 2. The highest BCUT2D eigenvalue weighted by Gasteiger charge is 2.02. The fourth-order valence-electron chi connectivity index (χ4n) is 0.646. The first-order valence-electron chi connectivity index (χ1n) is 3.09. The van der Waals surface area contributed by atoms with Gasteiger partial charge in [0.25, 0.3) is 0 Å². The minimum atomic E-state index is -0.503. The van der Waals surface area contributed by atoms with Gasteiger partial charge in [0.2, 0.25) is 0 Å². The van der Waals surface area contributed by atoms with Crippen LogP contribution in [0.5, 0.6) is 0 Å². The van der Waals surface area contributed by atoms with Crippen LogP contribution < -0.4 is 5.32 Å². The minimum Gasteiger partial charge on any atom is -0.390 e. The summed E-state index contributed by atoms with van der Waals surface area (Å²) in [7, 11) is 3.71. The standard InChI is InChI=1S/C6H13N2O2/c1-8(2)4-6(10)3-7-5-9/h6,10H,3-4H2,1-2H3,(H,7,9). The number of aliphatic hydroxyl groups excluding tert-OH is 1. The lowest BCUT2D eigenvalue weighted by Crippen LogP contribution is -2.34. The number of hydrogen-bond acceptors (Lipinski definition) is 3. The molecule has 0 aliphatic heterocycles. The van der Waals surface area contributed by atoms with Gasteiger partial charge >= 0.3 is 6.41 Å². The summed E-state index contributed by atoms with van der Waals surface area (Å²) in [6.07, 6.45) is 0.990. The van der Waals surface area contributed by atoms with Gasteiger partial charge in [-0.15, -0.1) is 0 Å². The molecular formula is C6H13N2O2. The third-order valence-corrected chi connectivity index (χ3v) is 0.986. The van der Waals surface area contributed by atoms with E-state index in [1.807, 2.05) is 19.0 Å². The average molecular weight is 145 g/mol. The Kier molecular flexibility index (Phi) is 4.88. The van der Waals surface area contributed by atoms with E-state index in [2.05, 4.69) is 5.32 Å². The molecule has 1 unspecified atom stereocenters. The highest BCUT2D eigenvalue weighted by atomic mass is 16.3. The van der Waals surface area contributed by atoms with Crippen LogP contribution in [0.3, 0.4) is 0 Å². The molecule has 1 radical (unpaired) electrons. The quantitative estimate of drug-likeness (QED) is 0.466. The number of nitrogens with zero attached hydrogens (tertiary/aromatic N) is 1. The number of amides is 1. The lowest BCUT2D eigenvalue weighted by Gasteiger charge is -2.14. The van der Waals surface area contributed by atoms with Crippen LogP contribution in [0.2, 0.25) is 0 Å². The second-order valence-corrected chi connectivity index (χ2v) is 2.40. The van der Waals surface area contributed by atoms with Crippen molar-refractivity contribution in [1.29, 1.82) is 0 Å². The SMILES string of the molecule is CN(C)CC(O)CN[C]=O. The molecule has 0 aromatic heterocycles. The van der Waals surface area contributed by atoms with Crippen molar-refractivity contribution < 1.29 is 9.90 Å². The third-order valence-electron chi connectivity index (χ3n) is 0.986. The highest BCUT2D eigenvalue weighted by Crippen LogP contribution is 1.82. The predicted molar refractivity (Wildman–Crippen MR) is 38.3 cm³/mol. The van der Waals surface area contributed by atoms with Gasteiger partial charge in [-0.3, -0.25) is 4.79 Å². The largest absolute Gasteiger partial charge is 0.390 e. The minimum absolute atomic E-state index is 0.266. The van der Waals surface area contributed by atoms with Crippen molar-refractivity contribution in [3.05, 3.63) is 0 Å². The molecular weight excluding hydrogens is 132 g/mol. The Balaban J connectivity index is 3.24. The number of aliphatic hydroxyl groups is 1. The molecule has 0 spiro atoms. The molecule has 0 aromatic rings. The molecule has 0 aromatic carbocycles. The molecule has 10 heavy (non-hydrogen) atoms. The molecule has 0 fully saturated rings. The first kappa shape index (κ1) is 9.39. The Morgan fingerprint density at radius 1 is 1.70 bits per heavy atom. The van der Waals surface area contributed by atoms with E-state index >= 15 is 0 Å². The number of nitrogens with one attached hydrogen (secondary N) is 1. The summed E-state index contributed by atoms with van der Waals surface area (Å²) in [4.78, 5) is 11.5. The fraction of sp³-hybridized carbons (Fsp3) is 0.833. The Labute approximate surface area is 60.8 Å². The van der Waals surface area contributed by atoms with E-state index in [0.717, 1.165) is 0 Å². The second-order valence-electron chi connectivity index (χ2n) is 2.40. The number of carbonyl (C=O) groups excluding carboxylic acids is 1. The van der Waals surface area contributed by atoms with Crippen molar-refractivity contribution in [2.75, 3.05) is 27.2 Å². The molecule has 0 saturated heterocycles. The van der Waals surface area contributed by atoms with E-state index in [-0.39, 0.29) is 6.54 Å². The topological polar surface area (TPSA) is 52.6 Å². The van der Waals surface area contributed by atoms with Crippen LogP contribution in [0.25, 0.3) is 0 Å². The summed E-state index contributed by atoms with van der Waals surface area (Å²) in [6, 6.07) is 0. The van der Waals surface area contributed by atoms with Crippen LogP contribution in [0.4, 0.5) is 0 Å². The third kappa shape index (κ3) is 5.53. The van der Waals surface area contributed by atoms with Crippen LogP contribution in [-0.2, 0) is 4.79 Å². The predicted octanol–water partition coefficient (Wildman–Crippen LogP) is -1.43. The average Bonchev–Trinajstić information content (AvgIpc) is 1.82. The molecule has 4 heteroatoms. The molecule has 0 aliphatic rings. The van der Waals surface area contributed by atoms with Gasteiger partial charge in [-0.1, -0.05) is 0 Å². The van der Waals surface area contributed by atoms with Gasteiger partial charge in [-0.25, -0.2) is 0 Å². The maximum atomic E-state index is 9.63. The van der Waals surface area contributed by atoms with E-state index in [9.17, 15) is 4.79 Å². The van der Waals surface area contributed by atoms with Gasteiger partial charge in [-0.2, -0.15) is 0 Å². The zero-order chi connectivity index (χ0) is 7.98. The lowest BCUT2D eigenvalue weighted by molar-refractivity contribution is 0.139. The van der Waals surface area contributed by atoms with Crippen molar-refractivity contribution >= 4 is 6.41 Å². The summed E-state index contributed by atoms with van der Waals surface area (Å²) < 4.78 is 0. The molecule has 59 valence electrons. The summed E-state index contributed by atoms with van der Waals surface area (Å²) in [5.74, 6) is 0. The molecule has 4 nitrogen and oxygen atoms in total. The van der Waals surface area contributed by atoms with E-state index in [0.29, 0.717) is 6.54 Å². The zero-order valence-electron chi connectivity index (χ0n) is 6.29. The summed E-state index contributed by atoms with van der Waals surface area (Å²) >= 11 is 0. The Bertz CT molecular complexity index is 95.7. The number of rotatable bonds is 5. The Hall–Kier alpha value is -0.610. The van der Waals surface area contributed by atoms with Crippen molar-refractivity contribution in [1.82, 2.24) is 10.2 Å². The molecule has 0 saturated carbocycles. The van der Waals surface area contributed by atoms with Crippen LogP contribution in [0.1, 0.15) is 0 Å². The Morgan fingerprint density at radius 3 is 2.70 bits per heavy atom. The van der Waals surface area contributed by atoms with E-state index in [1.54, 1.807) is 0 Å². The van der Waals surface area contributed by atoms with Crippen LogP contribution in [-0.4, -0.2) is 49.7 Å². The summed E-state index contributed by atoms with van der Waals surface area (Å²) in [5.41, 5.74) is 0. The van der Waals surface area contributed by atoms with E-state index in [4.69, 9.17) is 5.11 Å². The second kappa shape index (κ2) is 5.20. The molecule has 0 rings (SSSR count). The van der Waals surface area contributed by atoms with Gasteiger partial charge < -0.3 is 15.3 Å². The monoisotopic (exact) mass is 145 g/mol. The molecule has 1 amide bonds. The smallest absolute Gasteiger partial charge is 0.309 e. The summed E-state index contributed by atoms with van der Waals surface area (Å²) in [5, 5.41) is 11.3. The van der Waals surface area contributed by atoms with Crippen molar-refractivity contribution in [3.63, 3.8) is 0 Å². The maximum absolute atomic E-state index is 9.63. The first-order valence-corrected chi connectivity index (χ1v) is 3.09. The van der Waals surface area contributed by atoms with Crippen molar-refractivity contribution in [3.8, 4) is 0 Å². The van der Waals surface area contributed by atoms with Crippen molar-refractivity contribution in [2.45, 2.75) is 6.10 Å². The first-order chi connectivity index (χ1) is 4.66. The molecule has 0 heterocycles. The van der Waals surface area contributed by atoms with Crippen molar-refractivity contribution in [2.24, 2.45) is 0 Å². The summed E-state index contributed by atoms with van der Waals surface area (Å²) in [6.45, 7) is 0.816. The molecule has 0 aliphatic carbocycles. The maximum Gasteiger partial charge on any atom is 0.309 e. The van der Waals surface area contributed by atoms with E-state index in [1.165, 1.54) is 6.41 Å². The van der Waals surface area contributed by atoms with Crippen LogP contribution >= 0.6 is 0 Å². The lowest BCUT2D eigenvalue weighted by atomic mass is 10.3. The van der Waals surface area contributed by atoms with Gasteiger partial charge in [0, 0.05) is 13.1 Å². The van der Waals surface area contributed by atoms with Crippen LogP contribution in [0.15, 0.2) is 0 Å². The molecule has 2 N–H and O–H groups in total. The molecule has 1 atom stereocenters.